The van der Waals surface area contributed by atoms with Gasteiger partial charge in [-0.05, 0) is 343 Å². The van der Waals surface area contributed by atoms with Crippen molar-refractivity contribution in [2.75, 3.05) is 224 Å². The lowest BCUT2D eigenvalue weighted by Gasteiger charge is -2.32. The minimum absolute atomic E-state index is 0.180. The number of aliphatic hydroxyl groups excluding tert-OH is 1. The molecule has 25 nitrogen and oxygen atoms in total. The Labute approximate surface area is 776 Å². The van der Waals surface area contributed by atoms with E-state index in [1.165, 1.54) is 152 Å². The van der Waals surface area contributed by atoms with Gasteiger partial charge in [-0.1, -0.05) is 0 Å². The number of carbonyl (C=O) groups is 2. The molecule has 10 aromatic rings. The van der Waals surface area contributed by atoms with Crippen molar-refractivity contribution in [2.45, 2.75) is 152 Å². The van der Waals surface area contributed by atoms with Gasteiger partial charge < -0.3 is 79.9 Å². The van der Waals surface area contributed by atoms with E-state index in [1.807, 2.05) is 52.9 Å². The molecule has 0 aliphatic carbocycles. The molecule has 25 heteroatoms. The zero-order chi connectivity index (χ0) is 89.7. The van der Waals surface area contributed by atoms with Crippen molar-refractivity contribution in [3.63, 3.8) is 0 Å². The smallest absolute Gasteiger partial charge is 0.222 e. The van der Waals surface area contributed by atoms with Gasteiger partial charge in [-0.3, -0.25) is 44.3 Å². The monoisotopic (exact) mass is 1780 g/mol. The fourth-order valence-corrected chi connectivity index (χ4v) is 21.1. The van der Waals surface area contributed by atoms with Crippen LogP contribution in [0.4, 0.5) is 0 Å². The first kappa shape index (κ1) is 94.8. The molecule has 20 rings (SSSR count). The number of aliphatic hydroxyl groups is 1. The molecule has 0 saturated carbocycles. The van der Waals surface area contributed by atoms with E-state index in [4.69, 9.17) is 23.7 Å². The van der Waals surface area contributed by atoms with Gasteiger partial charge in [0.05, 0.1) is 53.9 Å². The summed E-state index contributed by atoms with van der Waals surface area (Å²) in [6.45, 7) is 32.9. The number of pyridine rings is 5. The van der Waals surface area contributed by atoms with Crippen LogP contribution in [0.3, 0.4) is 0 Å². The Morgan fingerprint density at radius 2 is 0.702 bits per heavy atom. The third-order valence-corrected chi connectivity index (χ3v) is 29.1. The fourth-order valence-electron chi connectivity index (χ4n) is 21.1. The maximum absolute atomic E-state index is 11.6. The molecule has 702 valence electrons. The van der Waals surface area contributed by atoms with Crippen LogP contribution in [-0.2, 0) is 9.59 Å². The maximum Gasteiger partial charge on any atom is 0.222 e. The molecule has 5 aromatic heterocycles. The number of ether oxygens (including phenoxy) is 5. The number of hydrogen-bond acceptors (Lipinski definition) is 23. The topological polar surface area (TPSA) is 248 Å². The van der Waals surface area contributed by atoms with Gasteiger partial charge in [0.2, 0.25) is 11.8 Å². The number of fused-ring (bicyclic) bond motifs is 5. The van der Waals surface area contributed by atoms with Crippen LogP contribution in [0.25, 0.3) is 54.5 Å². The molecule has 10 saturated heterocycles. The van der Waals surface area contributed by atoms with Crippen LogP contribution in [0.15, 0.2) is 152 Å². The van der Waals surface area contributed by atoms with Gasteiger partial charge in [0.1, 0.15) is 48.6 Å². The number of nitrogens with zero attached hydrogens (tertiary/aromatic N) is 12. The quantitative estimate of drug-likeness (QED) is 0.0276. The van der Waals surface area contributed by atoms with Crippen molar-refractivity contribution < 1.29 is 38.4 Å². The Morgan fingerprint density at radius 1 is 0.366 bits per heavy atom. The normalized spacial score (nSPS) is 20.2. The first-order chi connectivity index (χ1) is 64.4. The van der Waals surface area contributed by atoms with E-state index in [0.29, 0.717) is 74.3 Å². The summed E-state index contributed by atoms with van der Waals surface area (Å²) in [5.41, 5.74) is 12.3. The number of piperazine rings is 2. The third-order valence-electron chi connectivity index (χ3n) is 29.1. The zero-order valence-corrected chi connectivity index (χ0v) is 78.3. The van der Waals surface area contributed by atoms with E-state index in [2.05, 4.69) is 199 Å². The minimum atomic E-state index is 0.180. The average molecular weight is 1790 g/mol. The van der Waals surface area contributed by atoms with Crippen molar-refractivity contribution in [3.05, 3.63) is 180 Å². The van der Waals surface area contributed by atoms with Crippen LogP contribution in [0.1, 0.15) is 173 Å². The van der Waals surface area contributed by atoms with Crippen LogP contribution in [0.2, 0.25) is 0 Å². The number of carbonyl (C=O) groups excluding carboxylic acids is 2. The molecule has 15 heterocycles. The van der Waals surface area contributed by atoms with Crippen molar-refractivity contribution in [1.29, 1.82) is 0 Å². The highest BCUT2D eigenvalue weighted by Gasteiger charge is 2.29. The molecule has 0 unspecified atom stereocenters. The second-order valence-electron chi connectivity index (χ2n) is 37.8. The van der Waals surface area contributed by atoms with Crippen molar-refractivity contribution in [2.24, 2.45) is 5.92 Å². The Balaban J connectivity index is 0.000000120. The number of amides is 2. The van der Waals surface area contributed by atoms with Gasteiger partial charge in [0, 0.05) is 199 Å². The lowest BCUT2D eigenvalue weighted by atomic mass is 9.88. The summed E-state index contributed by atoms with van der Waals surface area (Å²) in [6, 6.07) is 42.9. The second-order valence-corrected chi connectivity index (χ2v) is 37.8. The number of likely N-dealkylation sites (N-methyl/N-ethyl adjacent to an activating group) is 2. The Hall–Kier alpha value is -9.35. The second kappa shape index (κ2) is 49.1. The SMILES string of the molecule is CC(=O)N1CCC(COc2ccc3c(C4CCNCC4)ccnc3c2)CC1.CN1CCN(CCCOc2ccc3c(C4CCNCC4)ccnc3c2)CC1.CN1CCN(CCOc2ccc3c(C4CCNCC4)ccnc3c2)CC1.O=C1CCCN1CCOc1ccc2c(C3CCNCC3)ccnc2c1.OC[C@@H]1CCCN1CCOc1ccc2c(C3CCNCC3)ccnc2c1. The standard InChI is InChI=1S/C22H32N4O.C22H29N3O2.C21H30N4O.C21H29N3O2.C20H25N3O2/c1-25-12-14-26(15-13-25)11-2-16-27-19-3-4-21-20(7-10-24-22(21)17-19)18-5-8-23-9-6-18;1-16(26)25-12-7-17(8-13-25)15-27-19-2-3-21-20(6-11-24-22(21)14-19)18-4-9-23-10-5-18;1-24-10-12-25(13-11-24)14-15-26-18-2-3-20-19(6-9-23-21(20)16-18)17-4-7-22-8-5-17;25-15-17-2-1-11-24(17)12-13-26-18-3-4-20-19(7-10-23-21(20)14-18)16-5-8-22-9-6-16;24-20-2-1-11-23(20)12-13-25-16-3-4-18-17(7-10-22-19(18)14-16)15-5-8-21-9-6-15/h3-4,7,10,17-18,23H,2,5-6,8-9,11-16H2,1H3;2-3,6,11,14,17-18,23H,4-5,7-10,12-13,15H2,1H3;2-3,6,9,16-17,22H,4-5,7-8,10-15H2,1H3;3-4,7,10,14,16-17,22,25H,1-2,5-6,8-9,11-13,15H2;3-4,7,10,14-15,21H,1-2,5-6,8-9,11-13H2/t;;;17-;/m...0./s1. The van der Waals surface area contributed by atoms with Crippen LogP contribution in [0.5, 0.6) is 28.7 Å². The minimum Gasteiger partial charge on any atom is -0.493 e. The van der Waals surface area contributed by atoms with E-state index in [9.17, 15) is 14.7 Å². The third kappa shape index (κ3) is 26.8. The summed E-state index contributed by atoms with van der Waals surface area (Å²) in [5, 5.41) is 32.9. The van der Waals surface area contributed by atoms with E-state index in [-0.39, 0.29) is 18.4 Å². The fraction of sp³-hybridized carbons (Fsp3) is 0.557. The predicted molar refractivity (Wildman–Crippen MR) is 525 cm³/mol. The number of hydrogen-bond donors (Lipinski definition) is 6. The van der Waals surface area contributed by atoms with E-state index >= 15 is 0 Å². The molecule has 5 aromatic carbocycles. The molecule has 10 aliphatic heterocycles. The molecule has 0 radical (unpaired) electrons. The van der Waals surface area contributed by atoms with Gasteiger partial charge in [-0.15, -0.1) is 0 Å². The van der Waals surface area contributed by atoms with E-state index < -0.39 is 0 Å². The number of likely N-dealkylation sites (tertiary alicyclic amines) is 3. The summed E-state index contributed by atoms with van der Waals surface area (Å²) in [5.74, 6) is 8.57. The molecule has 0 spiro atoms. The zero-order valence-electron chi connectivity index (χ0n) is 78.3. The predicted octanol–water partition coefficient (Wildman–Crippen LogP) is 13.6. The molecular formula is C106H145N17O8. The largest absolute Gasteiger partial charge is 0.493 e. The van der Waals surface area contributed by atoms with E-state index in [0.717, 1.165) is 239 Å². The van der Waals surface area contributed by atoms with Crippen LogP contribution < -0.4 is 50.3 Å². The number of piperidine rings is 6. The molecular weight excluding hydrogens is 1640 g/mol. The van der Waals surface area contributed by atoms with Gasteiger partial charge >= 0.3 is 0 Å². The molecule has 1 atom stereocenters. The highest BCUT2D eigenvalue weighted by atomic mass is 16.5. The summed E-state index contributed by atoms with van der Waals surface area (Å²) in [4.78, 5) is 61.9. The Kier molecular flexibility index (Phi) is 35.5. The molecule has 2 amide bonds. The highest BCUT2D eigenvalue weighted by molar-refractivity contribution is 5.88. The first-order valence-corrected chi connectivity index (χ1v) is 49.8. The van der Waals surface area contributed by atoms with E-state index in [1.54, 1.807) is 6.92 Å². The lowest BCUT2D eigenvalue weighted by molar-refractivity contribution is -0.130. The Bertz CT molecular complexity index is 5230. The van der Waals surface area contributed by atoms with Crippen LogP contribution in [-0.4, -0.2) is 306 Å². The summed E-state index contributed by atoms with van der Waals surface area (Å²) < 4.78 is 30.0. The van der Waals surface area contributed by atoms with Crippen LogP contribution in [0, 0.1) is 5.92 Å². The number of rotatable bonds is 26. The van der Waals surface area contributed by atoms with Gasteiger partial charge in [0.15, 0.2) is 0 Å². The van der Waals surface area contributed by atoms with Crippen molar-refractivity contribution >= 4 is 66.3 Å². The molecule has 0 bridgehead atoms. The number of benzene rings is 5. The van der Waals surface area contributed by atoms with Crippen LogP contribution >= 0.6 is 0 Å². The molecule has 131 heavy (non-hydrogen) atoms. The summed E-state index contributed by atoms with van der Waals surface area (Å²) in [6.07, 6.45) is 28.7. The average Bonchev–Trinajstić information content (AvgIpc) is 1.46. The maximum atomic E-state index is 11.6. The number of nitrogens with one attached hydrogen (secondary N) is 5. The van der Waals surface area contributed by atoms with Crippen molar-refractivity contribution in [1.82, 2.24) is 85.8 Å². The lowest BCUT2D eigenvalue weighted by Crippen LogP contribution is -2.45. The summed E-state index contributed by atoms with van der Waals surface area (Å²) in [7, 11) is 4.39. The summed E-state index contributed by atoms with van der Waals surface area (Å²) >= 11 is 0. The highest BCUT2D eigenvalue weighted by Crippen LogP contribution is 2.39. The Morgan fingerprint density at radius 3 is 1.05 bits per heavy atom. The molecule has 10 aliphatic rings. The van der Waals surface area contributed by atoms with Gasteiger partial charge in [-0.25, -0.2) is 0 Å². The van der Waals surface area contributed by atoms with Gasteiger partial charge in [0.25, 0.3) is 0 Å². The number of aromatic nitrogens is 5. The molecule has 10 fully saturated rings. The van der Waals surface area contributed by atoms with Gasteiger partial charge in [-0.2, -0.15) is 0 Å². The van der Waals surface area contributed by atoms with Crippen molar-refractivity contribution in [3.8, 4) is 28.7 Å². The first-order valence-electron chi connectivity index (χ1n) is 49.8. The molecule has 6 N–H and O–H groups in total.